The van der Waals surface area contributed by atoms with E-state index in [-0.39, 0.29) is 5.82 Å². The predicted molar refractivity (Wildman–Crippen MR) is 77.6 cm³/mol. The second-order valence-electron chi connectivity index (χ2n) is 4.24. The molecular weight excluding hydrogens is 295 g/mol. The van der Waals surface area contributed by atoms with Gasteiger partial charge in [0, 0.05) is 16.4 Å². The van der Waals surface area contributed by atoms with Crippen molar-refractivity contribution < 1.29 is 4.39 Å². The first-order valence-electron chi connectivity index (χ1n) is 6.18. The average Bonchev–Trinajstić information content (AvgIpc) is 2.31. The third-order valence-electron chi connectivity index (χ3n) is 2.78. The second kappa shape index (κ2) is 5.65. The number of fused-ring (bicyclic) bond motifs is 1. The van der Waals surface area contributed by atoms with Crippen LogP contribution in [-0.4, -0.2) is 11.5 Å². The molecule has 0 radical (unpaired) electrons. The number of pyridine rings is 1. The standard InChI is InChI=1S/C14H16BrFN2/c1-3-5-9-6-10-7-11(16)8-12(15)13(10)18-14(9)17-4-2/h6-8H,3-5H2,1-2H3,(H,17,18). The molecule has 1 aromatic carbocycles. The molecule has 1 aromatic heterocycles. The van der Waals surface area contributed by atoms with Crippen molar-refractivity contribution in [1.82, 2.24) is 4.98 Å². The van der Waals surface area contributed by atoms with Gasteiger partial charge in [0.05, 0.1) is 5.52 Å². The molecule has 0 saturated carbocycles. The summed E-state index contributed by atoms with van der Waals surface area (Å²) < 4.78 is 14.1. The number of anilines is 1. The van der Waals surface area contributed by atoms with Crippen molar-refractivity contribution in [3.63, 3.8) is 0 Å². The number of halogens is 2. The van der Waals surface area contributed by atoms with Gasteiger partial charge in [-0.1, -0.05) is 13.3 Å². The minimum Gasteiger partial charge on any atom is -0.370 e. The van der Waals surface area contributed by atoms with E-state index in [1.807, 2.05) is 13.0 Å². The van der Waals surface area contributed by atoms with Gasteiger partial charge in [-0.3, -0.25) is 0 Å². The van der Waals surface area contributed by atoms with Gasteiger partial charge in [0.25, 0.3) is 0 Å². The topological polar surface area (TPSA) is 24.9 Å². The molecular formula is C14H16BrFN2. The molecule has 96 valence electrons. The van der Waals surface area contributed by atoms with Gasteiger partial charge in [0.15, 0.2) is 0 Å². The van der Waals surface area contributed by atoms with Gasteiger partial charge in [-0.15, -0.1) is 0 Å². The van der Waals surface area contributed by atoms with Crippen LogP contribution in [0.2, 0.25) is 0 Å². The van der Waals surface area contributed by atoms with Crippen LogP contribution < -0.4 is 5.32 Å². The molecule has 0 fully saturated rings. The first kappa shape index (κ1) is 13.3. The summed E-state index contributed by atoms with van der Waals surface area (Å²) in [5.41, 5.74) is 1.94. The Morgan fingerprint density at radius 1 is 1.28 bits per heavy atom. The summed E-state index contributed by atoms with van der Waals surface area (Å²) in [4.78, 5) is 4.60. The van der Waals surface area contributed by atoms with Crippen LogP contribution in [0.1, 0.15) is 25.8 Å². The van der Waals surface area contributed by atoms with E-state index in [2.05, 4.69) is 33.2 Å². The fourth-order valence-corrected chi connectivity index (χ4v) is 2.57. The molecule has 0 atom stereocenters. The minimum atomic E-state index is -0.241. The summed E-state index contributed by atoms with van der Waals surface area (Å²) in [6.07, 6.45) is 1.99. The van der Waals surface area contributed by atoms with Gasteiger partial charge in [-0.2, -0.15) is 0 Å². The van der Waals surface area contributed by atoms with Crippen molar-refractivity contribution >= 4 is 32.7 Å². The maximum atomic E-state index is 13.4. The van der Waals surface area contributed by atoms with Crippen LogP contribution in [0.3, 0.4) is 0 Å². The Morgan fingerprint density at radius 3 is 2.72 bits per heavy atom. The van der Waals surface area contributed by atoms with Crippen molar-refractivity contribution in [2.24, 2.45) is 0 Å². The molecule has 0 amide bonds. The summed E-state index contributed by atoms with van der Waals surface area (Å²) in [5, 5.41) is 4.11. The predicted octanol–water partition coefficient (Wildman–Crippen LogP) is 4.52. The van der Waals surface area contributed by atoms with E-state index in [0.29, 0.717) is 4.47 Å². The zero-order valence-corrected chi connectivity index (χ0v) is 12.1. The van der Waals surface area contributed by atoms with Crippen molar-refractivity contribution in [3.8, 4) is 0 Å². The number of nitrogens with zero attached hydrogens (tertiary/aromatic N) is 1. The van der Waals surface area contributed by atoms with Crippen LogP contribution in [0.4, 0.5) is 10.2 Å². The molecule has 0 aliphatic carbocycles. The number of rotatable bonds is 4. The molecule has 2 rings (SSSR count). The first-order chi connectivity index (χ1) is 8.65. The Labute approximate surface area is 115 Å². The average molecular weight is 311 g/mol. The maximum Gasteiger partial charge on any atom is 0.129 e. The van der Waals surface area contributed by atoms with Crippen LogP contribution in [0.25, 0.3) is 10.9 Å². The lowest BCUT2D eigenvalue weighted by atomic mass is 10.1. The SMILES string of the molecule is CCCc1cc2cc(F)cc(Br)c2nc1NCC. The number of benzene rings is 1. The zero-order chi connectivity index (χ0) is 13.1. The van der Waals surface area contributed by atoms with Gasteiger partial charge in [0.2, 0.25) is 0 Å². The number of aryl methyl sites for hydroxylation is 1. The van der Waals surface area contributed by atoms with Gasteiger partial charge >= 0.3 is 0 Å². The first-order valence-corrected chi connectivity index (χ1v) is 6.97. The normalized spacial score (nSPS) is 10.9. The molecule has 4 heteroatoms. The van der Waals surface area contributed by atoms with E-state index in [1.54, 1.807) is 0 Å². The monoisotopic (exact) mass is 310 g/mol. The highest BCUT2D eigenvalue weighted by atomic mass is 79.9. The fraction of sp³-hybridized carbons (Fsp3) is 0.357. The van der Waals surface area contributed by atoms with Crippen molar-refractivity contribution in [2.45, 2.75) is 26.7 Å². The van der Waals surface area contributed by atoms with Gasteiger partial charge in [-0.25, -0.2) is 9.37 Å². The van der Waals surface area contributed by atoms with E-state index < -0.39 is 0 Å². The van der Waals surface area contributed by atoms with Gasteiger partial charge in [-0.05, 0) is 53.0 Å². The number of hydrogen-bond donors (Lipinski definition) is 1. The minimum absolute atomic E-state index is 0.241. The second-order valence-corrected chi connectivity index (χ2v) is 5.09. The van der Waals surface area contributed by atoms with Crippen molar-refractivity contribution in [1.29, 1.82) is 0 Å². The Morgan fingerprint density at radius 2 is 2.06 bits per heavy atom. The van der Waals surface area contributed by atoms with Crippen LogP contribution in [0, 0.1) is 5.82 Å². The molecule has 2 nitrogen and oxygen atoms in total. The maximum absolute atomic E-state index is 13.4. The molecule has 1 heterocycles. The molecule has 2 aromatic rings. The zero-order valence-electron chi connectivity index (χ0n) is 10.6. The summed E-state index contributed by atoms with van der Waals surface area (Å²) in [7, 11) is 0. The molecule has 0 unspecified atom stereocenters. The van der Waals surface area contributed by atoms with E-state index in [4.69, 9.17) is 0 Å². The lowest BCUT2D eigenvalue weighted by Crippen LogP contribution is -2.04. The number of aromatic nitrogens is 1. The van der Waals surface area contributed by atoms with Gasteiger partial charge in [0.1, 0.15) is 11.6 Å². The molecule has 0 aliphatic heterocycles. The Balaban J connectivity index is 2.63. The molecule has 18 heavy (non-hydrogen) atoms. The lowest BCUT2D eigenvalue weighted by molar-refractivity contribution is 0.629. The molecule has 0 bridgehead atoms. The van der Waals surface area contributed by atoms with Crippen LogP contribution in [0.5, 0.6) is 0 Å². The molecule has 0 saturated heterocycles. The third-order valence-corrected chi connectivity index (χ3v) is 3.38. The Hall–Kier alpha value is -1.16. The van der Waals surface area contributed by atoms with E-state index in [1.165, 1.54) is 12.1 Å². The van der Waals surface area contributed by atoms with Crippen molar-refractivity contribution in [3.05, 3.63) is 34.1 Å². The van der Waals surface area contributed by atoms with E-state index in [9.17, 15) is 4.39 Å². The summed E-state index contributed by atoms with van der Waals surface area (Å²) >= 11 is 3.37. The van der Waals surface area contributed by atoms with Gasteiger partial charge < -0.3 is 5.32 Å². The summed E-state index contributed by atoms with van der Waals surface area (Å²) in [5.74, 6) is 0.661. The third kappa shape index (κ3) is 2.64. The fourth-order valence-electron chi connectivity index (χ4n) is 2.03. The highest BCUT2D eigenvalue weighted by molar-refractivity contribution is 9.10. The quantitative estimate of drug-likeness (QED) is 0.898. The Bertz CT molecular complexity index is 569. The van der Waals surface area contributed by atoms with E-state index in [0.717, 1.165) is 41.7 Å². The smallest absolute Gasteiger partial charge is 0.129 e. The van der Waals surface area contributed by atoms with Crippen molar-refractivity contribution in [2.75, 3.05) is 11.9 Å². The molecule has 1 N–H and O–H groups in total. The van der Waals surface area contributed by atoms with Crippen LogP contribution in [0.15, 0.2) is 22.7 Å². The summed E-state index contributed by atoms with van der Waals surface area (Å²) in [6.45, 7) is 5.00. The molecule has 0 spiro atoms. The number of hydrogen-bond acceptors (Lipinski definition) is 2. The Kier molecular flexibility index (Phi) is 4.17. The number of nitrogens with one attached hydrogen (secondary N) is 1. The largest absolute Gasteiger partial charge is 0.370 e. The highest BCUT2D eigenvalue weighted by Crippen LogP contribution is 2.28. The highest BCUT2D eigenvalue weighted by Gasteiger charge is 2.09. The summed E-state index contributed by atoms with van der Waals surface area (Å²) in [6, 6.07) is 5.00. The molecule has 0 aliphatic rings. The lowest BCUT2D eigenvalue weighted by Gasteiger charge is -2.11. The van der Waals surface area contributed by atoms with Crippen LogP contribution in [-0.2, 0) is 6.42 Å². The van der Waals surface area contributed by atoms with Crippen LogP contribution >= 0.6 is 15.9 Å². The van der Waals surface area contributed by atoms with E-state index >= 15 is 0 Å².